The molecule has 0 radical (unpaired) electrons. The van der Waals surface area contributed by atoms with E-state index < -0.39 is 5.82 Å². The summed E-state index contributed by atoms with van der Waals surface area (Å²) in [6.07, 6.45) is 1.35. The van der Waals surface area contributed by atoms with Gasteiger partial charge in [-0.05, 0) is 29.8 Å². The average molecular weight is 393 g/mol. The Bertz CT molecular complexity index is 1150. The maximum absolute atomic E-state index is 14.4. The van der Waals surface area contributed by atoms with Gasteiger partial charge in [0.25, 0.3) is 0 Å². The minimum atomic E-state index is -0.572. The van der Waals surface area contributed by atoms with Gasteiger partial charge in [0.2, 0.25) is 5.88 Å². The molecular formula is C20H16FN5O3. The van der Waals surface area contributed by atoms with Crippen LogP contribution < -0.4 is 20.1 Å². The van der Waals surface area contributed by atoms with E-state index in [4.69, 9.17) is 14.7 Å². The molecule has 0 fully saturated rings. The Hall–Kier alpha value is -3.93. The van der Waals surface area contributed by atoms with Gasteiger partial charge in [-0.15, -0.1) is 0 Å². The Morgan fingerprint density at radius 1 is 1.24 bits per heavy atom. The van der Waals surface area contributed by atoms with Gasteiger partial charge in [-0.1, -0.05) is 6.07 Å². The van der Waals surface area contributed by atoms with Crippen LogP contribution in [0, 0.1) is 17.1 Å². The van der Waals surface area contributed by atoms with Crippen molar-refractivity contribution in [2.75, 3.05) is 18.5 Å². The number of nitriles is 1. The molecular weight excluding hydrogens is 377 g/mol. The van der Waals surface area contributed by atoms with Crippen LogP contribution in [-0.2, 0) is 13.2 Å². The maximum atomic E-state index is 14.4. The molecule has 2 aromatic heterocycles. The van der Waals surface area contributed by atoms with E-state index in [-0.39, 0.29) is 29.6 Å². The molecule has 1 aliphatic rings. The summed E-state index contributed by atoms with van der Waals surface area (Å²) in [4.78, 5) is 21.8. The van der Waals surface area contributed by atoms with Crippen molar-refractivity contribution in [1.82, 2.24) is 14.5 Å². The summed E-state index contributed by atoms with van der Waals surface area (Å²) < 4.78 is 27.0. The summed E-state index contributed by atoms with van der Waals surface area (Å²) in [6, 6.07) is 11.0. The summed E-state index contributed by atoms with van der Waals surface area (Å²) in [6.45, 7) is 1.39. The predicted molar refractivity (Wildman–Crippen MR) is 102 cm³/mol. The number of halogens is 1. The minimum Gasteiger partial charge on any atom is -0.473 e. The molecule has 0 atom stereocenters. The fraction of sp³-hybridized carbons (Fsp3) is 0.200. The van der Waals surface area contributed by atoms with Gasteiger partial charge in [-0.25, -0.2) is 14.2 Å². The highest BCUT2D eigenvalue weighted by Gasteiger charge is 2.19. The van der Waals surface area contributed by atoms with Gasteiger partial charge in [0.05, 0.1) is 6.20 Å². The molecule has 4 rings (SSSR count). The van der Waals surface area contributed by atoms with Gasteiger partial charge in [-0.2, -0.15) is 10.2 Å². The zero-order chi connectivity index (χ0) is 20.4. The highest BCUT2D eigenvalue weighted by Crippen LogP contribution is 2.26. The minimum absolute atomic E-state index is 0.0239. The van der Waals surface area contributed by atoms with E-state index in [1.54, 1.807) is 16.7 Å². The van der Waals surface area contributed by atoms with E-state index in [9.17, 15) is 9.18 Å². The van der Waals surface area contributed by atoms with Gasteiger partial charge < -0.3 is 14.4 Å². The first-order chi connectivity index (χ1) is 14.0. The summed E-state index contributed by atoms with van der Waals surface area (Å²) in [7, 11) is 1.89. The maximum Gasteiger partial charge on any atom is 0.352 e. The van der Waals surface area contributed by atoms with Gasteiger partial charge in [0.1, 0.15) is 29.9 Å². The lowest BCUT2D eigenvalue weighted by Crippen LogP contribution is -2.22. The molecule has 29 heavy (non-hydrogen) atoms. The van der Waals surface area contributed by atoms with Crippen molar-refractivity contribution in [3.05, 3.63) is 70.2 Å². The number of fused-ring (bicyclic) bond motifs is 1. The average Bonchev–Trinajstić information content (AvgIpc) is 3.10. The normalized spacial score (nSPS) is 12.4. The molecule has 0 saturated heterocycles. The Morgan fingerprint density at radius 3 is 2.83 bits per heavy atom. The second kappa shape index (κ2) is 7.59. The molecule has 0 aliphatic carbocycles. The lowest BCUT2D eigenvalue weighted by Gasteiger charge is -2.12. The highest BCUT2D eigenvalue weighted by atomic mass is 19.1. The fourth-order valence-corrected chi connectivity index (χ4v) is 2.95. The van der Waals surface area contributed by atoms with Crippen LogP contribution in [0.2, 0.25) is 0 Å². The number of rotatable bonds is 5. The van der Waals surface area contributed by atoms with Crippen LogP contribution >= 0.6 is 0 Å². The number of likely N-dealkylation sites (N-methyl/N-ethyl adjacent to an activating group) is 1. The van der Waals surface area contributed by atoms with Crippen LogP contribution in [0.4, 0.5) is 10.2 Å². The molecule has 3 aromatic rings. The molecule has 0 spiro atoms. The number of aromatic nitrogens is 3. The Balaban J connectivity index is 1.45. The smallest absolute Gasteiger partial charge is 0.352 e. The van der Waals surface area contributed by atoms with E-state index in [0.29, 0.717) is 17.9 Å². The third kappa shape index (κ3) is 3.87. The second-order valence-corrected chi connectivity index (χ2v) is 6.45. The van der Waals surface area contributed by atoms with Gasteiger partial charge in [0, 0.05) is 26.2 Å². The number of anilines is 1. The van der Waals surface area contributed by atoms with Crippen molar-refractivity contribution < 1.29 is 13.9 Å². The molecule has 8 nitrogen and oxygen atoms in total. The third-order valence-electron chi connectivity index (χ3n) is 4.48. The summed E-state index contributed by atoms with van der Waals surface area (Å²) in [5.74, 6) is 0.706. The predicted octanol–water partition coefficient (Wildman–Crippen LogP) is 2.47. The van der Waals surface area contributed by atoms with Crippen molar-refractivity contribution in [3.63, 3.8) is 0 Å². The van der Waals surface area contributed by atoms with E-state index in [2.05, 4.69) is 9.97 Å². The third-order valence-corrected chi connectivity index (χ3v) is 4.48. The number of benzene rings is 1. The van der Waals surface area contributed by atoms with Gasteiger partial charge >= 0.3 is 5.69 Å². The fourth-order valence-electron chi connectivity index (χ4n) is 2.95. The van der Waals surface area contributed by atoms with Crippen molar-refractivity contribution in [3.8, 4) is 23.4 Å². The monoisotopic (exact) mass is 393 g/mol. The molecule has 0 saturated carbocycles. The molecule has 0 bridgehead atoms. The summed E-state index contributed by atoms with van der Waals surface area (Å²) >= 11 is 0. The quantitative estimate of drug-likeness (QED) is 0.657. The topological polar surface area (TPSA) is 93.3 Å². The first-order valence-corrected chi connectivity index (χ1v) is 8.82. The molecule has 146 valence electrons. The van der Waals surface area contributed by atoms with Crippen LogP contribution in [0.3, 0.4) is 0 Å². The van der Waals surface area contributed by atoms with Crippen LogP contribution in [0.5, 0.6) is 17.4 Å². The molecule has 0 amide bonds. The van der Waals surface area contributed by atoms with E-state index >= 15 is 0 Å². The van der Waals surface area contributed by atoms with E-state index in [1.165, 1.54) is 30.5 Å². The molecule has 0 unspecified atom stereocenters. The zero-order valence-corrected chi connectivity index (χ0v) is 15.5. The number of pyridine rings is 1. The van der Waals surface area contributed by atoms with Crippen molar-refractivity contribution in [2.24, 2.45) is 0 Å². The van der Waals surface area contributed by atoms with Crippen LogP contribution in [0.15, 0.2) is 47.4 Å². The first kappa shape index (κ1) is 18.4. The van der Waals surface area contributed by atoms with E-state index in [1.807, 2.05) is 18.0 Å². The molecule has 1 aromatic carbocycles. The second-order valence-electron chi connectivity index (χ2n) is 6.45. The Kier molecular flexibility index (Phi) is 4.83. The number of hydrogen-bond acceptors (Lipinski definition) is 7. The first-order valence-electron chi connectivity index (χ1n) is 8.82. The van der Waals surface area contributed by atoms with Crippen LogP contribution in [-0.4, -0.2) is 28.1 Å². The van der Waals surface area contributed by atoms with Crippen molar-refractivity contribution in [2.45, 2.75) is 13.2 Å². The number of ether oxygens (including phenoxy) is 2. The Labute approximate surface area is 165 Å². The van der Waals surface area contributed by atoms with Crippen molar-refractivity contribution in [1.29, 1.82) is 5.26 Å². The lowest BCUT2D eigenvalue weighted by molar-refractivity contribution is 0.290. The number of hydrogen-bond donors (Lipinski definition) is 0. The highest BCUT2D eigenvalue weighted by molar-refractivity contribution is 5.44. The number of nitrogens with zero attached hydrogens (tertiary/aromatic N) is 5. The van der Waals surface area contributed by atoms with Crippen LogP contribution in [0.1, 0.15) is 11.3 Å². The van der Waals surface area contributed by atoms with Crippen molar-refractivity contribution >= 4 is 5.82 Å². The molecule has 1 aliphatic heterocycles. The largest absolute Gasteiger partial charge is 0.473 e. The van der Waals surface area contributed by atoms with E-state index in [0.717, 1.165) is 12.4 Å². The van der Waals surface area contributed by atoms with Crippen LogP contribution in [0.25, 0.3) is 0 Å². The standard InChI is InChI=1S/C20H16FN5O3/c1-25-6-7-26-19(25)9-18(24-20(26)27)28-12-13-2-5-17(16(21)8-13)29-15-4-3-14(10-22)23-11-15/h2-5,8-9,11H,6-7,12H2,1H3. The zero-order valence-electron chi connectivity index (χ0n) is 15.5. The molecule has 3 heterocycles. The lowest BCUT2D eigenvalue weighted by atomic mass is 10.2. The Morgan fingerprint density at radius 2 is 2.10 bits per heavy atom. The SMILES string of the molecule is CN1CCn2c1cc(OCc1ccc(Oc3ccc(C#N)nc3)c(F)c1)nc2=O. The summed E-state index contributed by atoms with van der Waals surface area (Å²) in [5, 5.41) is 8.75. The van der Waals surface area contributed by atoms with Gasteiger partial charge in [-0.3, -0.25) is 4.57 Å². The summed E-state index contributed by atoms with van der Waals surface area (Å²) in [5.41, 5.74) is 0.438. The molecule has 9 heteroatoms. The van der Waals surface area contributed by atoms with Gasteiger partial charge in [0.15, 0.2) is 11.6 Å². The molecule has 0 N–H and O–H groups in total.